The van der Waals surface area contributed by atoms with Crippen LogP contribution in [0, 0.1) is 17.6 Å². The summed E-state index contributed by atoms with van der Waals surface area (Å²) in [4.78, 5) is -0.362. The van der Waals surface area contributed by atoms with Crippen LogP contribution in [-0.2, 0) is 10.3 Å². The van der Waals surface area contributed by atoms with E-state index in [1.807, 2.05) is 0 Å². The lowest BCUT2D eigenvalue weighted by atomic mass is 9.72. The zero-order valence-corrected chi connectivity index (χ0v) is 12.3. The minimum absolute atomic E-state index is 0.0278. The number of benzene rings is 1. The Morgan fingerprint density at radius 2 is 2.14 bits per heavy atom. The predicted octanol–water partition coefficient (Wildman–Crippen LogP) is 2.39. The van der Waals surface area contributed by atoms with Gasteiger partial charge in [0.2, 0.25) is 0 Å². The summed E-state index contributed by atoms with van der Waals surface area (Å²) >= 11 is 4.92. The van der Waals surface area contributed by atoms with Crippen molar-refractivity contribution in [1.82, 2.24) is 5.32 Å². The SMILES string of the molecule is Nc1cc(F)c(F)c([C@]23COC[C@H]2C[C@](F)(CF)C(=S)N3)c1. The third-order valence-electron chi connectivity index (χ3n) is 4.40. The molecule has 0 unspecified atom stereocenters. The Labute approximate surface area is 129 Å². The fourth-order valence-electron chi connectivity index (χ4n) is 3.21. The molecule has 3 atom stereocenters. The topological polar surface area (TPSA) is 47.3 Å². The Kier molecular flexibility index (Phi) is 3.56. The van der Waals surface area contributed by atoms with E-state index in [0.29, 0.717) is 0 Å². The number of fused-ring (bicyclic) bond motifs is 1. The van der Waals surface area contributed by atoms with Crippen LogP contribution < -0.4 is 11.1 Å². The first-order chi connectivity index (χ1) is 10.3. The first kappa shape index (κ1) is 15.5. The van der Waals surface area contributed by atoms with E-state index in [4.69, 9.17) is 22.7 Å². The van der Waals surface area contributed by atoms with Crippen LogP contribution in [0.5, 0.6) is 0 Å². The van der Waals surface area contributed by atoms with E-state index >= 15 is 0 Å². The Morgan fingerprint density at radius 1 is 1.41 bits per heavy atom. The molecule has 0 saturated carbocycles. The van der Waals surface area contributed by atoms with Gasteiger partial charge in [0.25, 0.3) is 0 Å². The van der Waals surface area contributed by atoms with Crippen LogP contribution in [0.4, 0.5) is 23.2 Å². The summed E-state index contributed by atoms with van der Waals surface area (Å²) in [5.74, 6) is -2.78. The molecule has 22 heavy (non-hydrogen) atoms. The average molecular weight is 334 g/mol. The largest absolute Gasteiger partial charge is 0.399 e. The maximum atomic E-state index is 14.5. The molecule has 0 bridgehead atoms. The molecular weight excluding hydrogens is 320 g/mol. The number of nitrogen functional groups attached to an aromatic ring is 1. The number of hydrogen-bond donors (Lipinski definition) is 2. The van der Waals surface area contributed by atoms with Gasteiger partial charge in [-0.15, -0.1) is 0 Å². The first-order valence-corrected chi connectivity index (χ1v) is 7.13. The highest BCUT2D eigenvalue weighted by Gasteiger charge is 2.57. The van der Waals surface area contributed by atoms with Crippen molar-refractivity contribution < 1.29 is 22.3 Å². The normalized spacial score (nSPS) is 34.4. The zero-order chi connectivity index (χ0) is 16.1. The standard InChI is InChI=1S/C14H14F4N2OS/c15-5-13(18)3-7-4-21-6-14(7,20-12(13)22)9-1-8(19)2-10(16)11(9)17/h1-2,7H,3-6,19H2,(H,20,22)/t7-,13+,14+/m1/s1. The smallest absolute Gasteiger partial charge is 0.189 e. The van der Waals surface area contributed by atoms with E-state index in [-0.39, 0.29) is 35.9 Å². The van der Waals surface area contributed by atoms with Crippen LogP contribution in [-0.4, -0.2) is 30.5 Å². The molecule has 2 aliphatic heterocycles. The van der Waals surface area contributed by atoms with Gasteiger partial charge in [0.1, 0.15) is 11.7 Å². The minimum atomic E-state index is -2.31. The van der Waals surface area contributed by atoms with Crippen molar-refractivity contribution in [3.05, 3.63) is 29.3 Å². The second kappa shape index (κ2) is 5.06. The molecule has 0 aromatic heterocycles. The molecule has 2 aliphatic rings. The molecular formula is C14H14F4N2OS. The molecule has 3 rings (SSSR count). The van der Waals surface area contributed by atoms with Crippen molar-refractivity contribution in [2.24, 2.45) is 5.92 Å². The van der Waals surface area contributed by atoms with Crippen LogP contribution in [0.2, 0.25) is 0 Å². The summed E-state index contributed by atoms with van der Waals surface area (Å²) < 4.78 is 60.7. The van der Waals surface area contributed by atoms with E-state index in [1.54, 1.807) is 0 Å². The van der Waals surface area contributed by atoms with Gasteiger partial charge in [-0.25, -0.2) is 17.6 Å². The second-order valence-corrected chi connectivity index (χ2v) is 6.21. The summed E-state index contributed by atoms with van der Waals surface area (Å²) in [7, 11) is 0. The van der Waals surface area contributed by atoms with Crippen LogP contribution >= 0.6 is 12.2 Å². The third kappa shape index (κ3) is 2.08. The molecule has 2 saturated heterocycles. The fourth-order valence-corrected chi connectivity index (χ4v) is 3.53. The lowest BCUT2D eigenvalue weighted by Gasteiger charge is -2.45. The van der Waals surface area contributed by atoms with Crippen LogP contribution in [0.25, 0.3) is 0 Å². The lowest BCUT2D eigenvalue weighted by molar-refractivity contribution is 0.105. The number of nitrogens with two attached hydrogens (primary N) is 1. The Hall–Kier alpha value is -1.41. The van der Waals surface area contributed by atoms with Gasteiger partial charge in [0.15, 0.2) is 17.3 Å². The van der Waals surface area contributed by atoms with Crippen LogP contribution in [0.15, 0.2) is 12.1 Å². The summed E-state index contributed by atoms with van der Waals surface area (Å²) in [6.07, 6.45) is -0.259. The van der Waals surface area contributed by atoms with Crippen molar-refractivity contribution >= 4 is 22.9 Å². The maximum Gasteiger partial charge on any atom is 0.189 e. The van der Waals surface area contributed by atoms with Crippen molar-refractivity contribution in [3.63, 3.8) is 0 Å². The monoisotopic (exact) mass is 334 g/mol. The lowest BCUT2D eigenvalue weighted by Crippen LogP contribution is -2.63. The number of alkyl halides is 2. The molecule has 8 heteroatoms. The van der Waals surface area contributed by atoms with Gasteiger partial charge < -0.3 is 15.8 Å². The minimum Gasteiger partial charge on any atom is -0.399 e. The molecule has 1 aromatic carbocycles. The number of thiocarbonyl (C=S) groups is 1. The molecule has 3 N–H and O–H groups in total. The van der Waals surface area contributed by atoms with Crippen molar-refractivity contribution in [3.8, 4) is 0 Å². The van der Waals surface area contributed by atoms with E-state index < -0.39 is 35.4 Å². The average Bonchev–Trinajstić information content (AvgIpc) is 2.86. The quantitative estimate of drug-likeness (QED) is 0.495. The van der Waals surface area contributed by atoms with Crippen molar-refractivity contribution in [2.45, 2.75) is 17.6 Å². The first-order valence-electron chi connectivity index (χ1n) is 6.72. The summed E-state index contributed by atoms with van der Waals surface area (Å²) in [6.45, 7) is -1.21. The number of ether oxygens (including phenoxy) is 1. The number of halogens is 4. The molecule has 120 valence electrons. The van der Waals surface area contributed by atoms with Gasteiger partial charge in [-0.2, -0.15) is 0 Å². The Bertz CT molecular complexity index is 644. The molecule has 0 amide bonds. The number of piperidine rings is 1. The highest BCUT2D eigenvalue weighted by molar-refractivity contribution is 7.80. The summed E-state index contributed by atoms with van der Waals surface area (Å²) in [5.41, 5.74) is 2.00. The van der Waals surface area contributed by atoms with Crippen LogP contribution in [0.1, 0.15) is 12.0 Å². The van der Waals surface area contributed by atoms with Gasteiger partial charge in [-0.05, 0) is 18.6 Å². The number of anilines is 1. The van der Waals surface area contributed by atoms with E-state index in [2.05, 4.69) is 5.32 Å². The summed E-state index contributed by atoms with van der Waals surface area (Å²) in [5, 5.41) is 2.67. The van der Waals surface area contributed by atoms with E-state index in [9.17, 15) is 17.6 Å². The van der Waals surface area contributed by atoms with Crippen LogP contribution in [0.3, 0.4) is 0 Å². The highest BCUT2D eigenvalue weighted by atomic mass is 32.1. The maximum absolute atomic E-state index is 14.5. The molecule has 0 aliphatic carbocycles. The van der Waals surface area contributed by atoms with E-state index in [1.165, 1.54) is 6.07 Å². The van der Waals surface area contributed by atoms with Gasteiger partial charge in [-0.1, -0.05) is 12.2 Å². The number of hydrogen-bond acceptors (Lipinski definition) is 3. The van der Waals surface area contributed by atoms with Crippen molar-refractivity contribution in [1.29, 1.82) is 0 Å². The molecule has 0 radical (unpaired) electrons. The van der Waals surface area contributed by atoms with Gasteiger partial charge in [-0.3, -0.25) is 0 Å². The number of rotatable bonds is 2. The van der Waals surface area contributed by atoms with Gasteiger partial charge in [0, 0.05) is 17.2 Å². The molecule has 2 heterocycles. The summed E-state index contributed by atoms with van der Waals surface area (Å²) in [6, 6.07) is 2.14. The molecule has 3 nitrogen and oxygen atoms in total. The van der Waals surface area contributed by atoms with E-state index in [0.717, 1.165) is 6.07 Å². The molecule has 2 fully saturated rings. The highest BCUT2D eigenvalue weighted by Crippen LogP contribution is 2.46. The van der Waals surface area contributed by atoms with Gasteiger partial charge >= 0.3 is 0 Å². The third-order valence-corrected chi connectivity index (χ3v) is 4.87. The van der Waals surface area contributed by atoms with Crippen molar-refractivity contribution in [2.75, 3.05) is 25.6 Å². The second-order valence-electron chi connectivity index (χ2n) is 5.80. The predicted molar refractivity (Wildman–Crippen MR) is 76.9 cm³/mol. The fraction of sp³-hybridized carbons (Fsp3) is 0.500. The number of nitrogens with one attached hydrogen (secondary N) is 1. The van der Waals surface area contributed by atoms with Gasteiger partial charge in [0.05, 0.1) is 18.8 Å². The Balaban J connectivity index is 2.11. The Morgan fingerprint density at radius 3 is 2.82 bits per heavy atom. The molecule has 1 aromatic rings. The zero-order valence-electron chi connectivity index (χ0n) is 11.5. The molecule has 0 spiro atoms.